The molecule has 1 aromatic rings. The summed E-state index contributed by atoms with van der Waals surface area (Å²) in [6.07, 6.45) is -0.709. The van der Waals surface area contributed by atoms with Gasteiger partial charge in [0, 0.05) is 0 Å². The Morgan fingerprint density at radius 2 is 2.00 bits per heavy atom. The molecule has 0 aliphatic rings. The maximum atomic E-state index is 10.5. The first-order valence-electron chi connectivity index (χ1n) is 2.95. The number of amides is 1. The van der Waals surface area contributed by atoms with Crippen molar-refractivity contribution in [2.24, 2.45) is 4.74 Å². The maximum absolute atomic E-state index is 10.5. The van der Waals surface area contributed by atoms with Crippen molar-refractivity contribution < 1.29 is 9.53 Å². The Balaban J connectivity index is 2.65. The topological polar surface area (TPSA) is 38.7 Å². The lowest BCUT2D eigenvalue weighted by Gasteiger charge is -2.00. The number of hydrogen-bond acceptors (Lipinski definition) is 2. The van der Waals surface area contributed by atoms with Gasteiger partial charge in [0.25, 0.3) is 0 Å². The zero-order chi connectivity index (χ0) is 8.10. The first kappa shape index (κ1) is 7.89. The predicted octanol–water partition coefficient (Wildman–Crippen LogP) is 2.78. The highest BCUT2D eigenvalue weighted by Crippen LogP contribution is 2.08. The van der Waals surface area contributed by atoms with Gasteiger partial charge in [0.05, 0.1) is 0 Å². The molecule has 0 aromatic heterocycles. The molecule has 0 aliphatic carbocycles. The van der Waals surface area contributed by atoms with Crippen LogP contribution in [0.4, 0.5) is 4.79 Å². The fourth-order valence-corrected chi connectivity index (χ4v) is 0.651. The van der Waals surface area contributed by atoms with E-state index in [4.69, 9.17) is 0 Å². The van der Waals surface area contributed by atoms with Crippen LogP contribution in [-0.2, 0) is 0 Å². The lowest BCUT2D eigenvalue weighted by molar-refractivity contribution is 0.212. The first-order chi connectivity index (χ1) is 5.33. The molecule has 3 nitrogen and oxygen atoms in total. The zero-order valence-electron chi connectivity index (χ0n) is 5.60. The van der Waals surface area contributed by atoms with E-state index in [0.29, 0.717) is 5.75 Å². The van der Waals surface area contributed by atoms with Crippen molar-refractivity contribution in [3.63, 3.8) is 0 Å². The summed E-state index contributed by atoms with van der Waals surface area (Å²) in [7, 11) is 3.40. The standard InChI is InChI=1S/C7H5NO2P/c9-7(8-11)10-6-4-2-1-3-5-6/h1-5H/q-1. The average molecular weight is 166 g/mol. The summed E-state index contributed by atoms with van der Waals surface area (Å²) < 4.78 is 7.70. The highest BCUT2D eigenvalue weighted by atomic mass is 31.0. The lowest BCUT2D eigenvalue weighted by Crippen LogP contribution is -1.99. The Labute approximate surface area is 66.3 Å². The Morgan fingerprint density at radius 1 is 1.36 bits per heavy atom. The lowest BCUT2D eigenvalue weighted by atomic mass is 10.3. The van der Waals surface area contributed by atoms with E-state index in [1.165, 1.54) is 0 Å². The van der Waals surface area contributed by atoms with Crippen LogP contribution in [0.5, 0.6) is 5.75 Å². The summed E-state index contributed by atoms with van der Waals surface area (Å²) in [5.41, 5.74) is 0. The van der Waals surface area contributed by atoms with Crippen LogP contribution in [0, 0.1) is 0 Å². The van der Waals surface area contributed by atoms with Crippen molar-refractivity contribution in [3.05, 3.63) is 30.3 Å². The molecule has 0 unspecified atom stereocenters. The van der Waals surface area contributed by atoms with Gasteiger partial charge in [-0.1, -0.05) is 18.2 Å². The van der Waals surface area contributed by atoms with Gasteiger partial charge in [0.15, 0.2) is 0 Å². The monoisotopic (exact) mass is 166 g/mol. The summed E-state index contributed by atoms with van der Waals surface area (Å²) in [6, 6.07) is 8.69. The number of hydrogen-bond donors (Lipinski definition) is 0. The molecule has 11 heavy (non-hydrogen) atoms. The Hall–Kier alpha value is -1.21. The van der Waals surface area contributed by atoms with Gasteiger partial charge in [-0.2, -0.15) is 0 Å². The number of carbonyl (C=O) groups excluding carboxylic acids is 1. The second-order valence-corrected chi connectivity index (χ2v) is 1.98. The average Bonchev–Trinajstić information content (AvgIpc) is 2.06. The molecule has 0 N–H and O–H groups in total. The molecule has 0 radical (unpaired) electrons. The highest BCUT2D eigenvalue weighted by Gasteiger charge is 1.94. The van der Waals surface area contributed by atoms with E-state index in [0.717, 1.165) is 0 Å². The Kier molecular flexibility index (Phi) is 2.75. The molecule has 1 rings (SSSR count). The smallest absolute Gasteiger partial charge is 0.403 e. The van der Waals surface area contributed by atoms with Crippen LogP contribution in [-0.4, -0.2) is 6.09 Å². The molecule has 1 amide bonds. The van der Waals surface area contributed by atoms with Crippen LogP contribution in [0.25, 0.3) is 0 Å². The first-order valence-corrected chi connectivity index (χ1v) is 3.35. The van der Waals surface area contributed by atoms with Crippen molar-refractivity contribution in [1.29, 1.82) is 0 Å². The fourth-order valence-electron chi connectivity index (χ4n) is 0.610. The number of para-hydroxylation sites is 1. The largest absolute Gasteiger partial charge is 0.596 e. The highest BCUT2D eigenvalue weighted by molar-refractivity contribution is 7.04. The minimum Gasteiger partial charge on any atom is -0.596 e. The fraction of sp³-hybridized carbons (Fsp3) is 0. The molecule has 0 saturated carbocycles. The maximum Gasteiger partial charge on any atom is 0.403 e. The number of carbonyl (C=O) groups is 1. The summed E-state index contributed by atoms with van der Waals surface area (Å²) in [5.74, 6) is 0.468. The molecule has 0 aliphatic heterocycles. The molecule has 0 spiro atoms. The van der Waals surface area contributed by atoms with E-state index in [2.05, 4.69) is 18.5 Å². The number of nitrogens with zero attached hydrogens (tertiary/aromatic N) is 1. The third-order valence-corrected chi connectivity index (χ3v) is 1.19. The van der Waals surface area contributed by atoms with E-state index < -0.39 is 6.09 Å². The van der Waals surface area contributed by atoms with Gasteiger partial charge in [-0.15, -0.1) is 0 Å². The molecule has 0 fully saturated rings. The normalized spacial score (nSPS) is 8.73. The number of rotatable bonds is 1. The van der Waals surface area contributed by atoms with Crippen molar-refractivity contribution in [1.82, 2.24) is 0 Å². The minimum absolute atomic E-state index is 0.468. The summed E-state index contributed by atoms with van der Waals surface area (Å²) >= 11 is 0. The van der Waals surface area contributed by atoms with Crippen molar-refractivity contribution >= 4 is 15.1 Å². The van der Waals surface area contributed by atoms with E-state index in [9.17, 15) is 4.79 Å². The van der Waals surface area contributed by atoms with Gasteiger partial charge < -0.3 is 18.5 Å². The Morgan fingerprint density at radius 3 is 2.55 bits per heavy atom. The SMILES string of the molecule is O=C(N=[P-])Oc1ccccc1. The molecule has 1 aromatic carbocycles. The van der Waals surface area contributed by atoms with Gasteiger partial charge in [-0.05, 0) is 12.1 Å². The van der Waals surface area contributed by atoms with Gasteiger partial charge in [-0.3, -0.25) is 0 Å². The summed E-state index contributed by atoms with van der Waals surface area (Å²) in [5, 5.41) is 0. The summed E-state index contributed by atoms with van der Waals surface area (Å²) in [6.45, 7) is 0. The quantitative estimate of drug-likeness (QED) is 0.601. The van der Waals surface area contributed by atoms with Crippen LogP contribution < -0.4 is 4.74 Å². The molecule has 4 heteroatoms. The van der Waals surface area contributed by atoms with Gasteiger partial charge in [0.1, 0.15) is 5.75 Å². The third-order valence-electron chi connectivity index (χ3n) is 1.03. The van der Waals surface area contributed by atoms with Crippen LogP contribution in [0.3, 0.4) is 0 Å². The van der Waals surface area contributed by atoms with Crippen LogP contribution in [0.2, 0.25) is 0 Å². The second-order valence-electron chi connectivity index (χ2n) is 1.78. The molecule has 0 heterocycles. The number of benzene rings is 1. The van der Waals surface area contributed by atoms with Crippen LogP contribution in [0.15, 0.2) is 35.1 Å². The molecule has 56 valence electrons. The van der Waals surface area contributed by atoms with Gasteiger partial charge in [0.2, 0.25) is 0 Å². The molecule has 0 bridgehead atoms. The van der Waals surface area contributed by atoms with Gasteiger partial charge in [-0.25, -0.2) is 4.79 Å². The Bertz CT molecular complexity index is 260. The molecular formula is C7H5NO2P-. The summed E-state index contributed by atoms with van der Waals surface area (Å²) in [4.78, 5) is 10.5. The predicted molar refractivity (Wildman–Crippen MR) is 41.8 cm³/mol. The van der Waals surface area contributed by atoms with Crippen LogP contribution in [0.1, 0.15) is 0 Å². The zero-order valence-corrected chi connectivity index (χ0v) is 6.49. The number of ether oxygens (including phenoxy) is 1. The third kappa shape index (κ3) is 2.48. The van der Waals surface area contributed by atoms with E-state index in [-0.39, 0.29) is 0 Å². The van der Waals surface area contributed by atoms with Crippen molar-refractivity contribution in [2.45, 2.75) is 0 Å². The second kappa shape index (κ2) is 3.84. The van der Waals surface area contributed by atoms with Crippen molar-refractivity contribution in [2.75, 3.05) is 0 Å². The molecule has 0 atom stereocenters. The van der Waals surface area contributed by atoms with E-state index in [1.807, 2.05) is 6.07 Å². The minimum atomic E-state index is -0.709. The van der Waals surface area contributed by atoms with Crippen molar-refractivity contribution in [3.8, 4) is 5.75 Å². The molecule has 0 saturated heterocycles. The van der Waals surface area contributed by atoms with Gasteiger partial charge >= 0.3 is 6.09 Å². The molecular weight excluding hydrogens is 161 g/mol. The van der Waals surface area contributed by atoms with Crippen LogP contribution >= 0.6 is 9.03 Å². The van der Waals surface area contributed by atoms with E-state index in [1.54, 1.807) is 24.3 Å². The van der Waals surface area contributed by atoms with E-state index >= 15 is 0 Å².